The normalized spacial score (nSPS) is 14.9. The van der Waals surface area contributed by atoms with E-state index in [-0.39, 0.29) is 30.2 Å². The van der Waals surface area contributed by atoms with Crippen LogP contribution in [0.1, 0.15) is 16.7 Å². The molecule has 3 rings (SSSR count). The molecule has 0 aromatic heterocycles. The van der Waals surface area contributed by atoms with Crippen LogP contribution in [0.25, 0.3) is 6.08 Å². The molecular weight excluding hydrogens is 496 g/mol. The summed E-state index contributed by atoms with van der Waals surface area (Å²) in [5, 5.41) is 2.52. The van der Waals surface area contributed by atoms with E-state index in [1.54, 1.807) is 30.3 Å². The molecule has 3 amide bonds. The number of methoxy groups -OCH3 is 1. The van der Waals surface area contributed by atoms with Crippen LogP contribution in [-0.4, -0.2) is 48.8 Å². The summed E-state index contributed by atoms with van der Waals surface area (Å²) in [7, 11) is 1.52. The minimum atomic E-state index is -0.327. The van der Waals surface area contributed by atoms with Gasteiger partial charge in [0.05, 0.1) is 23.7 Å². The minimum absolute atomic E-state index is 0.142. The van der Waals surface area contributed by atoms with Gasteiger partial charge in [-0.2, -0.15) is 0 Å². The number of thioether (sulfide) groups is 1. The molecule has 168 valence electrons. The maximum absolute atomic E-state index is 12.4. The molecule has 0 unspecified atom stereocenters. The summed E-state index contributed by atoms with van der Waals surface area (Å²) < 4.78 is 11.3. The maximum atomic E-state index is 12.4. The molecule has 0 bridgehead atoms. The predicted octanol–water partition coefficient (Wildman–Crippen LogP) is 4.77. The fraction of sp³-hybridized carbons (Fsp3) is 0.261. The lowest BCUT2D eigenvalue weighted by atomic mass is 10.1. The second-order valence-corrected chi connectivity index (χ2v) is 9.00. The van der Waals surface area contributed by atoms with Gasteiger partial charge >= 0.3 is 0 Å². The van der Waals surface area contributed by atoms with Crippen molar-refractivity contribution in [2.24, 2.45) is 0 Å². The van der Waals surface area contributed by atoms with Gasteiger partial charge in [0.15, 0.2) is 6.61 Å². The number of benzene rings is 2. The highest BCUT2D eigenvalue weighted by Gasteiger charge is 2.34. The zero-order valence-corrected chi connectivity index (χ0v) is 20.3. The van der Waals surface area contributed by atoms with Crippen LogP contribution in [0, 0.1) is 13.8 Å². The van der Waals surface area contributed by atoms with Crippen molar-refractivity contribution in [1.82, 2.24) is 4.90 Å². The number of aryl methyl sites for hydroxylation is 2. The average Bonchev–Trinajstić information content (AvgIpc) is 3.02. The summed E-state index contributed by atoms with van der Waals surface area (Å²) >= 11 is 4.36. The van der Waals surface area contributed by atoms with Crippen LogP contribution in [0.4, 0.5) is 10.5 Å². The first-order valence-electron chi connectivity index (χ1n) is 9.82. The summed E-state index contributed by atoms with van der Waals surface area (Å²) in [6.07, 6.45) is 1.66. The van der Waals surface area contributed by atoms with E-state index in [1.807, 2.05) is 26.0 Å². The Labute approximate surface area is 199 Å². The topological polar surface area (TPSA) is 84.9 Å². The summed E-state index contributed by atoms with van der Waals surface area (Å²) in [6.45, 7) is 4.37. The second-order valence-electron chi connectivity index (χ2n) is 7.15. The van der Waals surface area contributed by atoms with E-state index in [4.69, 9.17) is 9.47 Å². The van der Waals surface area contributed by atoms with Crippen LogP contribution in [0.15, 0.2) is 45.8 Å². The molecule has 7 nitrogen and oxygen atoms in total. The number of amides is 3. The third-order valence-electron chi connectivity index (χ3n) is 4.80. The Morgan fingerprint density at radius 3 is 2.53 bits per heavy atom. The van der Waals surface area contributed by atoms with Crippen molar-refractivity contribution in [2.45, 2.75) is 13.8 Å². The lowest BCUT2D eigenvalue weighted by molar-refractivity contribution is -0.123. The highest BCUT2D eigenvalue weighted by atomic mass is 79.9. The molecule has 0 saturated carbocycles. The predicted molar refractivity (Wildman–Crippen MR) is 129 cm³/mol. The Kier molecular flexibility index (Phi) is 8.11. The van der Waals surface area contributed by atoms with Crippen molar-refractivity contribution in [3.05, 3.63) is 62.5 Å². The molecular formula is C23H23BrN2O5S. The van der Waals surface area contributed by atoms with E-state index < -0.39 is 0 Å². The lowest BCUT2D eigenvalue weighted by Gasteiger charge is -2.11. The first-order chi connectivity index (χ1) is 15.3. The van der Waals surface area contributed by atoms with Crippen LogP contribution in [0.3, 0.4) is 0 Å². The number of carbonyl (C=O) groups excluding carboxylic acids is 3. The Bertz CT molecular complexity index is 1070. The minimum Gasteiger partial charge on any atom is -0.484 e. The van der Waals surface area contributed by atoms with Gasteiger partial charge in [0.1, 0.15) is 5.75 Å². The van der Waals surface area contributed by atoms with E-state index in [1.165, 1.54) is 12.0 Å². The molecule has 9 heteroatoms. The van der Waals surface area contributed by atoms with Gasteiger partial charge in [-0.25, -0.2) is 0 Å². The van der Waals surface area contributed by atoms with E-state index in [0.29, 0.717) is 22.9 Å². The van der Waals surface area contributed by atoms with Crippen LogP contribution >= 0.6 is 27.7 Å². The van der Waals surface area contributed by atoms with Crippen LogP contribution in [0.5, 0.6) is 5.75 Å². The number of carbonyl (C=O) groups is 3. The molecule has 1 heterocycles. The molecule has 1 aliphatic rings. The number of halogens is 1. The summed E-state index contributed by atoms with van der Waals surface area (Å²) in [6, 6.07) is 10.8. The fourth-order valence-corrected chi connectivity index (χ4v) is 4.32. The van der Waals surface area contributed by atoms with Crippen molar-refractivity contribution in [1.29, 1.82) is 0 Å². The Morgan fingerprint density at radius 1 is 1.16 bits per heavy atom. The van der Waals surface area contributed by atoms with Crippen molar-refractivity contribution in [3.8, 4) is 5.75 Å². The number of ether oxygens (including phenoxy) is 2. The molecule has 32 heavy (non-hydrogen) atoms. The largest absolute Gasteiger partial charge is 0.484 e. The number of imide groups is 1. The molecule has 0 radical (unpaired) electrons. The van der Waals surface area contributed by atoms with E-state index in [2.05, 4.69) is 21.2 Å². The molecule has 1 saturated heterocycles. The summed E-state index contributed by atoms with van der Waals surface area (Å²) in [4.78, 5) is 38.1. The van der Waals surface area contributed by atoms with E-state index in [0.717, 1.165) is 32.9 Å². The fourth-order valence-electron chi connectivity index (χ4n) is 2.90. The Morgan fingerprint density at radius 2 is 1.84 bits per heavy atom. The van der Waals surface area contributed by atoms with Gasteiger partial charge in [0, 0.05) is 11.6 Å². The third-order valence-corrected chi connectivity index (χ3v) is 6.36. The monoisotopic (exact) mass is 518 g/mol. The van der Waals surface area contributed by atoms with Crippen LogP contribution in [-0.2, 0) is 14.3 Å². The number of anilines is 1. The SMILES string of the molecule is COCCN1C(=O)S/C(=C/c2ccc(OCC(=O)Nc3cc(C)c(C)cc3Br)cc2)C1=O. The molecule has 2 aromatic rings. The number of nitrogens with one attached hydrogen (secondary N) is 1. The Balaban J connectivity index is 1.56. The zero-order chi connectivity index (χ0) is 23.3. The van der Waals surface area contributed by atoms with Gasteiger partial charge in [0.2, 0.25) is 0 Å². The van der Waals surface area contributed by atoms with Gasteiger partial charge in [-0.15, -0.1) is 0 Å². The third kappa shape index (κ3) is 5.99. The number of nitrogens with zero attached hydrogens (tertiary/aromatic N) is 1. The molecule has 0 aliphatic carbocycles. The first kappa shape index (κ1) is 24.0. The highest BCUT2D eigenvalue weighted by molar-refractivity contribution is 9.10. The highest BCUT2D eigenvalue weighted by Crippen LogP contribution is 2.32. The molecule has 1 aliphatic heterocycles. The van der Waals surface area contributed by atoms with Crippen molar-refractivity contribution < 1.29 is 23.9 Å². The van der Waals surface area contributed by atoms with E-state index in [9.17, 15) is 14.4 Å². The van der Waals surface area contributed by atoms with Gasteiger partial charge < -0.3 is 14.8 Å². The van der Waals surface area contributed by atoms with Crippen molar-refractivity contribution >= 4 is 56.5 Å². The van der Waals surface area contributed by atoms with Gasteiger partial charge in [-0.3, -0.25) is 19.3 Å². The van der Waals surface area contributed by atoms with Crippen molar-refractivity contribution in [3.63, 3.8) is 0 Å². The number of hydrogen-bond acceptors (Lipinski definition) is 6. The standard InChI is InChI=1S/C23H23BrN2O5S/c1-14-10-18(24)19(11-15(14)2)25-21(27)13-31-17-6-4-16(5-7-17)12-20-22(28)26(8-9-30-3)23(29)32-20/h4-7,10-12H,8-9,13H2,1-3H3,(H,25,27)/b20-12+. The molecule has 1 N–H and O–H groups in total. The average molecular weight is 519 g/mol. The molecule has 2 aromatic carbocycles. The van der Waals surface area contributed by atoms with Gasteiger partial charge in [0.25, 0.3) is 17.1 Å². The smallest absolute Gasteiger partial charge is 0.293 e. The van der Waals surface area contributed by atoms with Gasteiger partial charge in [-0.1, -0.05) is 12.1 Å². The maximum Gasteiger partial charge on any atom is 0.293 e. The first-order valence-corrected chi connectivity index (χ1v) is 11.4. The lowest BCUT2D eigenvalue weighted by Crippen LogP contribution is -2.31. The van der Waals surface area contributed by atoms with Gasteiger partial charge in [-0.05, 0) is 88.6 Å². The number of hydrogen-bond donors (Lipinski definition) is 1. The van der Waals surface area contributed by atoms with Crippen LogP contribution < -0.4 is 10.1 Å². The van der Waals surface area contributed by atoms with Crippen molar-refractivity contribution in [2.75, 3.05) is 32.2 Å². The summed E-state index contributed by atoms with van der Waals surface area (Å²) in [5.74, 6) is -0.0843. The number of rotatable bonds is 8. The molecule has 0 spiro atoms. The van der Waals surface area contributed by atoms with E-state index >= 15 is 0 Å². The zero-order valence-electron chi connectivity index (χ0n) is 17.9. The summed E-state index contributed by atoms with van der Waals surface area (Å²) in [5.41, 5.74) is 3.65. The molecule has 1 fully saturated rings. The van der Waals surface area contributed by atoms with Crippen LogP contribution in [0.2, 0.25) is 0 Å². The second kappa shape index (κ2) is 10.8. The molecule has 0 atom stereocenters. The Hall–Kier alpha value is -2.62. The quantitative estimate of drug-likeness (QED) is 0.506.